The molecule has 0 atom stereocenters. The van der Waals surface area contributed by atoms with Gasteiger partial charge in [0.15, 0.2) is 0 Å². The summed E-state index contributed by atoms with van der Waals surface area (Å²) in [7, 11) is 1.92. The Bertz CT molecular complexity index is 717. The number of nitrogens with two attached hydrogens (primary N) is 1. The summed E-state index contributed by atoms with van der Waals surface area (Å²) in [5.41, 5.74) is 8.26. The highest BCUT2D eigenvalue weighted by Crippen LogP contribution is 2.32. The van der Waals surface area contributed by atoms with E-state index in [-0.39, 0.29) is 0 Å². The molecule has 3 aromatic rings. The maximum Gasteiger partial charge on any atom is 0.145 e. The number of nitrogens with zero attached hydrogens (tertiary/aromatic N) is 4. The summed E-state index contributed by atoms with van der Waals surface area (Å²) in [6.45, 7) is 0. The third-order valence-electron chi connectivity index (χ3n) is 2.80. The van der Waals surface area contributed by atoms with Crippen molar-refractivity contribution in [2.45, 2.75) is 0 Å². The SMILES string of the molecule is Cn1cc(-c2ccc(N)nc2)c2c(Cl)ncnc21. The van der Waals surface area contributed by atoms with Gasteiger partial charge in [0.05, 0.1) is 5.39 Å². The number of rotatable bonds is 1. The minimum absolute atomic E-state index is 0.437. The number of fused-ring (bicyclic) bond motifs is 1. The molecule has 6 heteroatoms. The minimum Gasteiger partial charge on any atom is -0.384 e. The van der Waals surface area contributed by atoms with Gasteiger partial charge in [-0.2, -0.15) is 0 Å². The molecule has 0 unspecified atom stereocenters. The lowest BCUT2D eigenvalue weighted by atomic mass is 10.1. The zero-order valence-electron chi connectivity index (χ0n) is 9.63. The van der Waals surface area contributed by atoms with Gasteiger partial charge in [-0.1, -0.05) is 11.6 Å². The Kier molecular flexibility index (Phi) is 2.41. The van der Waals surface area contributed by atoms with Crippen LogP contribution in [0.5, 0.6) is 0 Å². The highest BCUT2D eigenvalue weighted by atomic mass is 35.5. The van der Waals surface area contributed by atoms with E-state index in [2.05, 4.69) is 15.0 Å². The van der Waals surface area contributed by atoms with Gasteiger partial charge >= 0.3 is 0 Å². The molecule has 3 aromatic heterocycles. The van der Waals surface area contributed by atoms with Crippen LogP contribution in [0.2, 0.25) is 5.15 Å². The molecule has 0 spiro atoms. The van der Waals surface area contributed by atoms with Crippen molar-refractivity contribution in [1.82, 2.24) is 19.5 Å². The molecule has 0 amide bonds. The summed E-state index contributed by atoms with van der Waals surface area (Å²) >= 11 is 6.15. The summed E-state index contributed by atoms with van der Waals surface area (Å²) in [6.07, 6.45) is 5.13. The first-order valence-corrected chi connectivity index (χ1v) is 5.72. The van der Waals surface area contributed by atoms with Crippen LogP contribution in [0, 0.1) is 0 Å². The minimum atomic E-state index is 0.437. The van der Waals surface area contributed by atoms with E-state index in [1.165, 1.54) is 6.33 Å². The Balaban J connectivity index is 2.32. The van der Waals surface area contributed by atoms with Crippen molar-refractivity contribution in [3.8, 4) is 11.1 Å². The summed E-state index contributed by atoms with van der Waals surface area (Å²) in [6, 6.07) is 3.66. The van der Waals surface area contributed by atoms with Crippen molar-refractivity contribution >= 4 is 28.5 Å². The zero-order valence-corrected chi connectivity index (χ0v) is 10.4. The lowest BCUT2D eigenvalue weighted by molar-refractivity contribution is 0.944. The summed E-state index contributed by atoms with van der Waals surface area (Å²) in [5.74, 6) is 0.487. The fourth-order valence-corrected chi connectivity index (χ4v) is 2.19. The average molecular weight is 260 g/mol. The van der Waals surface area contributed by atoms with Gasteiger partial charge in [0, 0.05) is 30.6 Å². The van der Waals surface area contributed by atoms with Crippen molar-refractivity contribution in [3.63, 3.8) is 0 Å². The Morgan fingerprint density at radius 3 is 2.78 bits per heavy atom. The van der Waals surface area contributed by atoms with Gasteiger partial charge in [-0.05, 0) is 12.1 Å². The normalized spacial score (nSPS) is 11.0. The molecule has 0 fully saturated rings. The standard InChI is InChI=1S/C12H10ClN5/c1-18-5-8(7-2-3-9(14)15-4-7)10-11(13)16-6-17-12(10)18/h2-6H,1H3,(H2,14,15). The number of hydrogen-bond acceptors (Lipinski definition) is 4. The van der Waals surface area contributed by atoms with E-state index in [0.29, 0.717) is 11.0 Å². The number of pyridine rings is 1. The van der Waals surface area contributed by atoms with Crippen molar-refractivity contribution in [2.75, 3.05) is 5.73 Å². The van der Waals surface area contributed by atoms with E-state index in [9.17, 15) is 0 Å². The molecule has 0 saturated carbocycles. The van der Waals surface area contributed by atoms with Gasteiger partial charge < -0.3 is 10.3 Å². The van der Waals surface area contributed by atoms with Crippen LogP contribution in [-0.2, 0) is 7.05 Å². The maximum absolute atomic E-state index is 6.15. The van der Waals surface area contributed by atoms with E-state index < -0.39 is 0 Å². The third-order valence-corrected chi connectivity index (χ3v) is 3.09. The molecule has 3 heterocycles. The van der Waals surface area contributed by atoms with Gasteiger partial charge in [-0.3, -0.25) is 0 Å². The topological polar surface area (TPSA) is 69.6 Å². The summed E-state index contributed by atoms with van der Waals surface area (Å²) in [4.78, 5) is 12.3. The van der Waals surface area contributed by atoms with Gasteiger partial charge in [-0.15, -0.1) is 0 Å². The first kappa shape index (κ1) is 11.0. The van der Waals surface area contributed by atoms with E-state index in [4.69, 9.17) is 17.3 Å². The molecule has 0 bridgehead atoms. The van der Waals surface area contributed by atoms with E-state index in [0.717, 1.165) is 22.2 Å². The molecule has 3 rings (SSSR count). The molecule has 18 heavy (non-hydrogen) atoms. The van der Waals surface area contributed by atoms with Crippen LogP contribution < -0.4 is 5.73 Å². The third kappa shape index (κ3) is 1.60. The number of aromatic nitrogens is 4. The average Bonchev–Trinajstić information content (AvgIpc) is 2.70. The van der Waals surface area contributed by atoms with Crippen LogP contribution in [0.25, 0.3) is 22.2 Å². The Labute approximate surface area is 108 Å². The molecule has 0 radical (unpaired) electrons. The van der Waals surface area contributed by atoms with Crippen molar-refractivity contribution in [2.24, 2.45) is 7.05 Å². The molecule has 0 aliphatic heterocycles. The molecular weight excluding hydrogens is 250 g/mol. The van der Waals surface area contributed by atoms with Crippen LogP contribution in [0.3, 0.4) is 0 Å². The van der Waals surface area contributed by atoms with Crippen LogP contribution in [-0.4, -0.2) is 19.5 Å². The fourth-order valence-electron chi connectivity index (χ4n) is 1.96. The quantitative estimate of drug-likeness (QED) is 0.681. The number of hydrogen-bond donors (Lipinski definition) is 1. The van der Waals surface area contributed by atoms with E-state index in [1.54, 1.807) is 12.3 Å². The monoisotopic (exact) mass is 259 g/mol. The Morgan fingerprint density at radius 1 is 1.22 bits per heavy atom. The molecule has 0 aliphatic carbocycles. The van der Waals surface area contributed by atoms with Crippen molar-refractivity contribution in [3.05, 3.63) is 36.0 Å². The lowest BCUT2D eigenvalue weighted by Crippen LogP contribution is -1.89. The van der Waals surface area contributed by atoms with Gasteiger partial charge in [0.25, 0.3) is 0 Å². The highest BCUT2D eigenvalue weighted by Gasteiger charge is 2.13. The number of aryl methyl sites for hydroxylation is 1. The summed E-state index contributed by atoms with van der Waals surface area (Å²) < 4.78 is 1.91. The Hall–Kier alpha value is -2.14. The van der Waals surface area contributed by atoms with E-state index >= 15 is 0 Å². The largest absolute Gasteiger partial charge is 0.384 e. The molecule has 2 N–H and O–H groups in total. The van der Waals surface area contributed by atoms with Gasteiger partial charge in [0.1, 0.15) is 22.9 Å². The van der Waals surface area contributed by atoms with Gasteiger partial charge in [-0.25, -0.2) is 15.0 Å². The van der Waals surface area contributed by atoms with Crippen LogP contribution in [0.4, 0.5) is 5.82 Å². The van der Waals surface area contributed by atoms with Gasteiger partial charge in [0.2, 0.25) is 0 Å². The van der Waals surface area contributed by atoms with E-state index in [1.807, 2.05) is 23.9 Å². The maximum atomic E-state index is 6.15. The Morgan fingerprint density at radius 2 is 2.06 bits per heavy atom. The summed E-state index contributed by atoms with van der Waals surface area (Å²) in [5, 5.41) is 1.26. The van der Waals surface area contributed by atoms with Crippen molar-refractivity contribution < 1.29 is 0 Å². The van der Waals surface area contributed by atoms with Crippen LogP contribution in [0.1, 0.15) is 0 Å². The molecular formula is C12H10ClN5. The number of anilines is 1. The second-order valence-electron chi connectivity index (χ2n) is 3.99. The predicted molar refractivity (Wildman–Crippen MR) is 71.2 cm³/mol. The number of nitrogen functional groups attached to an aromatic ring is 1. The zero-order chi connectivity index (χ0) is 12.7. The molecule has 0 aromatic carbocycles. The van der Waals surface area contributed by atoms with Crippen LogP contribution >= 0.6 is 11.6 Å². The first-order chi connectivity index (χ1) is 8.66. The fraction of sp³-hybridized carbons (Fsp3) is 0.0833. The van der Waals surface area contributed by atoms with Crippen LogP contribution in [0.15, 0.2) is 30.9 Å². The van der Waals surface area contributed by atoms with Crippen molar-refractivity contribution in [1.29, 1.82) is 0 Å². The number of halogens is 1. The molecule has 5 nitrogen and oxygen atoms in total. The second-order valence-corrected chi connectivity index (χ2v) is 4.35. The second kappa shape index (κ2) is 3.96. The molecule has 0 saturated heterocycles. The lowest BCUT2D eigenvalue weighted by Gasteiger charge is -2.00. The first-order valence-electron chi connectivity index (χ1n) is 5.34. The molecule has 0 aliphatic rings. The predicted octanol–water partition coefficient (Wildman–Crippen LogP) is 2.27. The highest BCUT2D eigenvalue weighted by molar-refractivity contribution is 6.35. The molecule has 90 valence electrons. The smallest absolute Gasteiger partial charge is 0.145 e.